The van der Waals surface area contributed by atoms with E-state index in [1.807, 2.05) is 36.4 Å². The van der Waals surface area contributed by atoms with E-state index in [-0.39, 0.29) is 17.4 Å². The van der Waals surface area contributed by atoms with Gasteiger partial charge in [0.2, 0.25) is 5.88 Å². The summed E-state index contributed by atoms with van der Waals surface area (Å²) in [6.45, 7) is 0.362. The maximum Gasteiger partial charge on any atom is 0.338 e. The predicted octanol–water partition coefficient (Wildman–Crippen LogP) is 2.79. The van der Waals surface area contributed by atoms with Crippen molar-refractivity contribution in [1.29, 1.82) is 0 Å². The molecule has 2 aromatic heterocycles. The molecule has 7 nitrogen and oxygen atoms in total. The lowest BCUT2D eigenvalue weighted by atomic mass is 10.1. The first-order chi connectivity index (χ1) is 12.6. The lowest BCUT2D eigenvalue weighted by Gasteiger charge is -2.29. The largest absolute Gasteiger partial charge is 0.404 e. The SMILES string of the molecule is CN1c2ncccc2Nc2oc(=O)cc(C(=O)NCc3ccccc3)c21. The van der Waals surface area contributed by atoms with Crippen LogP contribution in [0.15, 0.2) is 63.9 Å². The molecule has 130 valence electrons. The summed E-state index contributed by atoms with van der Waals surface area (Å²) in [6, 6.07) is 14.4. The van der Waals surface area contributed by atoms with Crippen LogP contribution in [0.3, 0.4) is 0 Å². The Hall–Kier alpha value is -3.61. The Kier molecular flexibility index (Phi) is 3.89. The van der Waals surface area contributed by atoms with E-state index in [0.717, 1.165) is 5.56 Å². The lowest BCUT2D eigenvalue weighted by Crippen LogP contribution is -2.29. The van der Waals surface area contributed by atoms with Gasteiger partial charge in [0.15, 0.2) is 5.82 Å². The molecule has 3 heterocycles. The van der Waals surface area contributed by atoms with Crippen molar-refractivity contribution in [3.63, 3.8) is 0 Å². The molecule has 1 aliphatic heterocycles. The number of hydrogen-bond acceptors (Lipinski definition) is 6. The topological polar surface area (TPSA) is 87.5 Å². The highest BCUT2D eigenvalue weighted by atomic mass is 16.4. The minimum absolute atomic E-state index is 0.227. The summed E-state index contributed by atoms with van der Waals surface area (Å²) < 4.78 is 5.26. The number of nitrogens with zero attached hydrogens (tertiary/aromatic N) is 2. The molecule has 0 atom stereocenters. The third-order valence-corrected chi connectivity index (χ3v) is 4.16. The normalized spacial score (nSPS) is 12.0. The van der Waals surface area contributed by atoms with Crippen molar-refractivity contribution in [2.75, 3.05) is 17.3 Å². The predicted molar refractivity (Wildman–Crippen MR) is 98.2 cm³/mol. The monoisotopic (exact) mass is 348 g/mol. The molecule has 1 amide bonds. The fraction of sp³-hybridized carbons (Fsp3) is 0.105. The van der Waals surface area contributed by atoms with Crippen LogP contribution < -0.4 is 21.2 Å². The Bertz CT molecular complexity index is 1030. The molecule has 1 aliphatic rings. The van der Waals surface area contributed by atoms with Gasteiger partial charge in [0.1, 0.15) is 5.69 Å². The van der Waals surface area contributed by atoms with E-state index in [4.69, 9.17) is 4.42 Å². The van der Waals surface area contributed by atoms with E-state index < -0.39 is 5.63 Å². The number of hydrogen-bond donors (Lipinski definition) is 2. The van der Waals surface area contributed by atoms with Crippen molar-refractivity contribution in [2.45, 2.75) is 6.54 Å². The van der Waals surface area contributed by atoms with Gasteiger partial charge in [0, 0.05) is 25.9 Å². The fourth-order valence-corrected chi connectivity index (χ4v) is 2.94. The molecule has 1 aromatic carbocycles. The van der Waals surface area contributed by atoms with Crippen LogP contribution in [0, 0.1) is 0 Å². The number of pyridine rings is 1. The molecular formula is C19H16N4O3. The Morgan fingerprint density at radius 1 is 1.23 bits per heavy atom. The van der Waals surface area contributed by atoms with Gasteiger partial charge in [-0.25, -0.2) is 9.78 Å². The number of anilines is 4. The average Bonchev–Trinajstić information content (AvgIpc) is 2.66. The Labute approximate surface area is 149 Å². The van der Waals surface area contributed by atoms with Gasteiger partial charge >= 0.3 is 5.63 Å². The minimum atomic E-state index is -0.596. The van der Waals surface area contributed by atoms with E-state index in [1.54, 1.807) is 24.2 Å². The maximum atomic E-state index is 12.7. The molecule has 0 radical (unpaired) electrons. The molecule has 0 aliphatic carbocycles. The van der Waals surface area contributed by atoms with Crippen molar-refractivity contribution in [2.24, 2.45) is 0 Å². The number of carbonyl (C=O) groups excluding carboxylic acids is 1. The highest BCUT2D eigenvalue weighted by Crippen LogP contribution is 2.42. The van der Waals surface area contributed by atoms with Gasteiger partial charge in [-0.1, -0.05) is 30.3 Å². The molecule has 0 bridgehead atoms. The van der Waals surface area contributed by atoms with Gasteiger partial charge in [-0.3, -0.25) is 4.79 Å². The molecule has 4 rings (SSSR count). The van der Waals surface area contributed by atoms with Crippen LogP contribution in [0.5, 0.6) is 0 Å². The zero-order valence-corrected chi connectivity index (χ0v) is 14.0. The lowest BCUT2D eigenvalue weighted by molar-refractivity contribution is 0.0950. The standard InChI is InChI=1S/C19H16N4O3/c1-23-16-13(18(25)21-11-12-6-3-2-4-7-12)10-15(24)26-19(16)22-14-8-5-9-20-17(14)23/h2-10,22H,11H2,1H3,(H,21,25). The molecule has 7 heteroatoms. The first-order valence-corrected chi connectivity index (χ1v) is 8.09. The average molecular weight is 348 g/mol. The molecule has 0 unspecified atom stereocenters. The molecule has 2 N–H and O–H groups in total. The van der Waals surface area contributed by atoms with Crippen molar-refractivity contribution in [3.8, 4) is 0 Å². The Morgan fingerprint density at radius 3 is 2.85 bits per heavy atom. The van der Waals surface area contributed by atoms with Gasteiger partial charge in [0.25, 0.3) is 5.91 Å². The molecule has 0 saturated carbocycles. The maximum absolute atomic E-state index is 12.7. The molecule has 3 aromatic rings. The van der Waals surface area contributed by atoms with E-state index in [1.165, 1.54) is 6.07 Å². The Morgan fingerprint density at radius 2 is 2.04 bits per heavy atom. The third kappa shape index (κ3) is 2.79. The molecule has 0 fully saturated rings. The van der Waals surface area contributed by atoms with E-state index >= 15 is 0 Å². The second-order valence-electron chi connectivity index (χ2n) is 5.88. The highest BCUT2D eigenvalue weighted by molar-refractivity contribution is 6.04. The number of rotatable bonds is 3. The number of fused-ring (bicyclic) bond motifs is 2. The summed E-state index contributed by atoms with van der Waals surface area (Å²) >= 11 is 0. The first kappa shape index (κ1) is 15.9. The highest BCUT2D eigenvalue weighted by Gasteiger charge is 2.28. The summed E-state index contributed by atoms with van der Waals surface area (Å²) in [5, 5.41) is 5.87. The van der Waals surface area contributed by atoms with E-state index in [2.05, 4.69) is 15.6 Å². The van der Waals surface area contributed by atoms with Gasteiger partial charge in [-0.2, -0.15) is 0 Å². The number of carbonyl (C=O) groups is 1. The zero-order chi connectivity index (χ0) is 18.1. The van der Waals surface area contributed by atoms with Crippen LogP contribution >= 0.6 is 0 Å². The fourth-order valence-electron chi connectivity index (χ4n) is 2.94. The van der Waals surface area contributed by atoms with Crippen molar-refractivity contribution >= 4 is 29.0 Å². The summed E-state index contributed by atoms with van der Waals surface area (Å²) in [6.07, 6.45) is 1.66. The number of nitrogens with one attached hydrogen (secondary N) is 2. The van der Waals surface area contributed by atoms with Crippen molar-refractivity contribution < 1.29 is 9.21 Å². The van der Waals surface area contributed by atoms with Crippen LogP contribution in [0.4, 0.5) is 23.1 Å². The second kappa shape index (κ2) is 6.36. The summed E-state index contributed by atoms with van der Waals surface area (Å²) in [5.74, 6) is 0.516. The zero-order valence-electron chi connectivity index (χ0n) is 14.0. The van der Waals surface area contributed by atoms with Gasteiger partial charge in [-0.05, 0) is 17.7 Å². The Balaban J connectivity index is 1.69. The molecule has 0 saturated heterocycles. The van der Waals surface area contributed by atoms with Gasteiger partial charge in [-0.15, -0.1) is 0 Å². The van der Waals surface area contributed by atoms with E-state index in [0.29, 0.717) is 23.7 Å². The first-order valence-electron chi connectivity index (χ1n) is 8.09. The van der Waals surface area contributed by atoms with Crippen LogP contribution in [0.1, 0.15) is 15.9 Å². The summed E-state index contributed by atoms with van der Waals surface area (Å²) in [7, 11) is 1.78. The quantitative estimate of drug-likeness (QED) is 0.757. The van der Waals surface area contributed by atoms with Gasteiger partial charge < -0.3 is 20.0 Å². The van der Waals surface area contributed by atoms with Gasteiger partial charge in [0.05, 0.1) is 11.3 Å². The van der Waals surface area contributed by atoms with Crippen LogP contribution in [-0.2, 0) is 6.54 Å². The van der Waals surface area contributed by atoms with Crippen LogP contribution in [-0.4, -0.2) is 17.9 Å². The third-order valence-electron chi connectivity index (χ3n) is 4.16. The van der Waals surface area contributed by atoms with Crippen molar-refractivity contribution in [1.82, 2.24) is 10.3 Å². The number of amides is 1. The minimum Gasteiger partial charge on any atom is -0.404 e. The second-order valence-corrected chi connectivity index (χ2v) is 5.88. The smallest absolute Gasteiger partial charge is 0.338 e. The van der Waals surface area contributed by atoms with E-state index in [9.17, 15) is 9.59 Å². The van der Waals surface area contributed by atoms with Crippen LogP contribution in [0.25, 0.3) is 0 Å². The number of aromatic nitrogens is 1. The summed E-state index contributed by atoms with van der Waals surface area (Å²) in [5.41, 5.74) is 1.78. The van der Waals surface area contributed by atoms with Crippen molar-refractivity contribution in [3.05, 3.63) is 76.3 Å². The summed E-state index contributed by atoms with van der Waals surface area (Å²) in [4.78, 5) is 30.7. The molecular weight excluding hydrogens is 332 g/mol. The molecule has 0 spiro atoms. The number of benzene rings is 1. The molecule has 26 heavy (non-hydrogen) atoms. The van der Waals surface area contributed by atoms with Crippen LogP contribution in [0.2, 0.25) is 0 Å².